The lowest BCUT2D eigenvalue weighted by molar-refractivity contribution is 0.0617. The molecule has 0 unspecified atom stereocenters. The molecule has 0 bridgehead atoms. The van der Waals surface area contributed by atoms with Crippen molar-refractivity contribution in [1.82, 2.24) is 14.5 Å². The number of fused-ring (bicyclic) bond motifs is 1. The van der Waals surface area contributed by atoms with Crippen LogP contribution in [0, 0.1) is 0 Å². The zero-order valence-electron chi connectivity index (χ0n) is 18.3. The molecule has 1 aromatic carbocycles. The largest absolute Gasteiger partial charge is 0.389 e. The van der Waals surface area contributed by atoms with Crippen LogP contribution in [0.4, 0.5) is 5.95 Å². The fourth-order valence-corrected chi connectivity index (χ4v) is 5.58. The van der Waals surface area contributed by atoms with Gasteiger partial charge in [-0.25, -0.2) is 13.4 Å². The predicted molar refractivity (Wildman–Crippen MR) is 133 cm³/mol. The summed E-state index contributed by atoms with van der Waals surface area (Å²) in [6.07, 6.45) is 2.57. The number of benzene rings is 1. The van der Waals surface area contributed by atoms with Crippen LogP contribution in [0.1, 0.15) is 26.7 Å². The third-order valence-corrected chi connectivity index (χ3v) is 7.47. The van der Waals surface area contributed by atoms with Gasteiger partial charge in [0.25, 0.3) is 5.56 Å². The van der Waals surface area contributed by atoms with E-state index in [-0.39, 0.29) is 42.1 Å². The molecular formula is C22H26Cl2N4O4S. The highest BCUT2D eigenvalue weighted by atomic mass is 35.5. The topological polar surface area (TPSA) is 114 Å². The Kier molecular flexibility index (Phi) is 7.38. The van der Waals surface area contributed by atoms with E-state index in [0.29, 0.717) is 46.0 Å². The van der Waals surface area contributed by atoms with Crippen molar-refractivity contribution in [2.75, 3.05) is 16.8 Å². The molecule has 0 spiro atoms. The summed E-state index contributed by atoms with van der Waals surface area (Å²) < 4.78 is 24.8. The summed E-state index contributed by atoms with van der Waals surface area (Å²) in [6, 6.07) is 8.73. The van der Waals surface area contributed by atoms with Crippen molar-refractivity contribution >= 4 is 50.8 Å². The van der Waals surface area contributed by atoms with E-state index in [1.54, 1.807) is 50.4 Å². The van der Waals surface area contributed by atoms with Crippen molar-refractivity contribution in [1.29, 1.82) is 0 Å². The summed E-state index contributed by atoms with van der Waals surface area (Å²) in [5.41, 5.74) is -0.105. The Morgan fingerprint density at radius 3 is 2.52 bits per heavy atom. The molecule has 0 atom stereocenters. The summed E-state index contributed by atoms with van der Waals surface area (Å²) in [5, 5.41) is 14.7. The molecule has 2 N–H and O–H groups in total. The maximum Gasteiger partial charge on any atom is 0.260 e. The van der Waals surface area contributed by atoms with Gasteiger partial charge >= 0.3 is 0 Å². The molecule has 11 heteroatoms. The summed E-state index contributed by atoms with van der Waals surface area (Å²) in [7, 11) is -2.97. The number of nitrogens with one attached hydrogen (secondary N) is 1. The van der Waals surface area contributed by atoms with Crippen LogP contribution in [-0.2, 0) is 16.4 Å². The van der Waals surface area contributed by atoms with E-state index in [4.69, 9.17) is 11.6 Å². The Hall–Kier alpha value is -2.20. The van der Waals surface area contributed by atoms with Gasteiger partial charge in [-0.15, -0.1) is 12.4 Å². The zero-order valence-corrected chi connectivity index (χ0v) is 20.7. The second kappa shape index (κ2) is 9.58. The highest BCUT2D eigenvalue weighted by Crippen LogP contribution is 2.28. The summed E-state index contributed by atoms with van der Waals surface area (Å²) in [5.74, 6) is 0.572. The maximum atomic E-state index is 13.4. The average Bonchev–Trinajstić information content (AvgIpc) is 2.71. The van der Waals surface area contributed by atoms with Crippen molar-refractivity contribution in [2.45, 2.75) is 44.9 Å². The number of hydrogen-bond donors (Lipinski definition) is 2. The number of sulfone groups is 1. The first kappa shape index (κ1) is 25.4. The lowest BCUT2D eigenvalue weighted by atomic mass is 10.0. The fourth-order valence-electron chi connectivity index (χ4n) is 3.85. The van der Waals surface area contributed by atoms with Gasteiger partial charge in [0.05, 0.1) is 23.7 Å². The number of aromatic nitrogens is 3. The van der Waals surface area contributed by atoms with Crippen molar-refractivity contribution in [2.24, 2.45) is 0 Å². The van der Waals surface area contributed by atoms with E-state index in [9.17, 15) is 18.3 Å². The number of aliphatic hydroxyl groups is 1. The third kappa shape index (κ3) is 5.84. The second-order valence-corrected chi connectivity index (χ2v) is 11.5. The fraction of sp³-hybridized carbons (Fsp3) is 0.409. The first-order valence-corrected chi connectivity index (χ1v) is 12.6. The van der Waals surface area contributed by atoms with Crippen molar-refractivity contribution in [3.8, 4) is 11.1 Å². The minimum atomic E-state index is -2.97. The number of hydrogen-bond acceptors (Lipinski definition) is 7. The minimum absolute atomic E-state index is 0. The van der Waals surface area contributed by atoms with Gasteiger partial charge in [-0.3, -0.25) is 9.36 Å². The van der Waals surface area contributed by atoms with Crippen molar-refractivity contribution in [3.63, 3.8) is 0 Å². The molecule has 1 saturated heterocycles. The monoisotopic (exact) mass is 512 g/mol. The number of nitrogens with zero attached hydrogens (tertiary/aromatic N) is 3. The van der Waals surface area contributed by atoms with E-state index >= 15 is 0 Å². The normalized spacial score (nSPS) is 16.4. The Labute approximate surface area is 203 Å². The highest BCUT2D eigenvalue weighted by Gasteiger charge is 2.25. The number of rotatable bonds is 5. The molecule has 2 aromatic heterocycles. The van der Waals surface area contributed by atoms with Crippen LogP contribution in [-0.4, -0.2) is 51.2 Å². The first-order valence-electron chi connectivity index (χ1n) is 10.4. The smallest absolute Gasteiger partial charge is 0.260 e. The molecule has 1 aliphatic heterocycles. The lowest BCUT2D eigenvalue weighted by Gasteiger charge is -2.24. The van der Waals surface area contributed by atoms with Gasteiger partial charge in [-0.05, 0) is 38.8 Å². The van der Waals surface area contributed by atoms with Gasteiger partial charge in [0.2, 0.25) is 5.95 Å². The van der Waals surface area contributed by atoms with Gasteiger partial charge in [0, 0.05) is 33.8 Å². The third-order valence-electron chi connectivity index (χ3n) is 5.42. The van der Waals surface area contributed by atoms with Crippen LogP contribution in [0.15, 0.2) is 41.3 Å². The quantitative estimate of drug-likeness (QED) is 0.538. The van der Waals surface area contributed by atoms with Crippen LogP contribution in [0.5, 0.6) is 0 Å². The van der Waals surface area contributed by atoms with E-state index in [0.717, 1.165) is 0 Å². The molecule has 33 heavy (non-hydrogen) atoms. The minimum Gasteiger partial charge on any atom is -0.389 e. The Balaban J connectivity index is 0.00000306. The average molecular weight is 513 g/mol. The Morgan fingerprint density at radius 1 is 1.21 bits per heavy atom. The molecule has 3 heterocycles. The van der Waals surface area contributed by atoms with Crippen LogP contribution in [0.2, 0.25) is 5.02 Å². The van der Waals surface area contributed by atoms with E-state index in [2.05, 4.69) is 15.3 Å². The SMILES string of the molecule is CC(C)(O)Cn1c(=O)c(-c2ccccc2Cl)cc2cnc(NC3CCS(=O)(=O)CC3)nc21.Cl. The molecule has 0 saturated carbocycles. The van der Waals surface area contributed by atoms with Crippen LogP contribution in [0.25, 0.3) is 22.2 Å². The molecule has 1 aliphatic rings. The summed E-state index contributed by atoms with van der Waals surface area (Å²) in [6.45, 7) is 3.27. The molecule has 1 fully saturated rings. The van der Waals surface area contributed by atoms with Crippen LogP contribution >= 0.6 is 24.0 Å². The molecule has 8 nitrogen and oxygen atoms in total. The second-order valence-electron chi connectivity index (χ2n) is 8.78. The summed E-state index contributed by atoms with van der Waals surface area (Å²) in [4.78, 5) is 22.4. The predicted octanol–water partition coefficient (Wildman–Crippen LogP) is 3.29. The number of anilines is 1. The van der Waals surface area contributed by atoms with Gasteiger partial charge < -0.3 is 10.4 Å². The Bertz CT molecular complexity index is 1320. The van der Waals surface area contributed by atoms with Gasteiger partial charge in [0.15, 0.2) is 0 Å². The van der Waals surface area contributed by atoms with Crippen LogP contribution < -0.4 is 10.9 Å². The number of pyridine rings is 1. The molecule has 0 aliphatic carbocycles. The van der Waals surface area contributed by atoms with Crippen molar-refractivity contribution in [3.05, 3.63) is 51.9 Å². The Morgan fingerprint density at radius 2 is 1.88 bits per heavy atom. The van der Waals surface area contributed by atoms with Gasteiger partial charge in [-0.2, -0.15) is 4.98 Å². The van der Waals surface area contributed by atoms with Crippen molar-refractivity contribution < 1.29 is 13.5 Å². The van der Waals surface area contributed by atoms with E-state index in [1.807, 2.05) is 0 Å². The molecular weight excluding hydrogens is 487 g/mol. The lowest BCUT2D eigenvalue weighted by Crippen LogP contribution is -2.34. The zero-order chi connectivity index (χ0) is 23.1. The highest BCUT2D eigenvalue weighted by molar-refractivity contribution is 7.91. The van der Waals surface area contributed by atoms with E-state index in [1.165, 1.54) is 4.57 Å². The standard InChI is InChI=1S/C22H25ClN4O4S.ClH/c1-22(2,29)13-27-19-14(11-17(20(27)28)16-5-3-4-6-18(16)23)12-24-21(26-19)25-15-7-9-32(30,31)10-8-15;/h3-6,11-12,15,29H,7-10,13H2,1-2H3,(H,24,25,26);1H. The summed E-state index contributed by atoms with van der Waals surface area (Å²) >= 11 is 6.34. The molecule has 4 rings (SSSR count). The molecule has 0 amide bonds. The maximum absolute atomic E-state index is 13.4. The molecule has 3 aromatic rings. The van der Waals surface area contributed by atoms with E-state index < -0.39 is 15.4 Å². The van der Waals surface area contributed by atoms with Gasteiger partial charge in [0.1, 0.15) is 15.5 Å². The molecule has 178 valence electrons. The van der Waals surface area contributed by atoms with Gasteiger partial charge in [-0.1, -0.05) is 29.8 Å². The number of halogens is 2. The van der Waals surface area contributed by atoms with Crippen LogP contribution in [0.3, 0.4) is 0 Å². The first-order chi connectivity index (χ1) is 15.0. The molecule has 0 radical (unpaired) electrons.